The Balaban J connectivity index is 1.70. The number of hydrogen-bond donors (Lipinski definition) is 1. The van der Waals surface area contributed by atoms with Gasteiger partial charge in [0.1, 0.15) is 17.7 Å². The van der Waals surface area contributed by atoms with Crippen molar-refractivity contribution in [2.75, 3.05) is 19.5 Å². The molecule has 0 aliphatic carbocycles. The highest BCUT2D eigenvalue weighted by Gasteiger charge is 2.32. The summed E-state index contributed by atoms with van der Waals surface area (Å²) in [6.07, 6.45) is -0.268. The molecule has 28 heavy (non-hydrogen) atoms. The van der Waals surface area contributed by atoms with Gasteiger partial charge in [-0.25, -0.2) is 0 Å². The van der Waals surface area contributed by atoms with Gasteiger partial charge in [-0.1, -0.05) is 36.4 Å². The Morgan fingerprint density at radius 1 is 0.857 bits per heavy atom. The van der Waals surface area contributed by atoms with Crippen LogP contribution in [0, 0.1) is 0 Å². The predicted molar refractivity (Wildman–Crippen MR) is 109 cm³/mol. The first-order valence-corrected chi connectivity index (χ1v) is 9.13. The van der Waals surface area contributed by atoms with Crippen LogP contribution in [0.25, 0.3) is 0 Å². The third-order valence-corrected chi connectivity index (χ3v) is 4.97. The molecule has 5 nitrogen and oxygen atoms in total. The lowest BCUT2D eigenvalue weighted by Crippen LogP contribution is -2.42. The molecule has 4 rings (SSSR count). The topological polar surface area (TPSA) is 50.8 Å². The zero-order valence-corrected chi connectivity index (χ0v) is 15.9. The molecule has 0 aromatic heterocycles. The second-order valence-electron chi connectivity index (χ2n) is 6.65. The van der Waals surface area contributed by atoms with Gasteiger partial charge in [-0.15, -0.1) is 0 Å². The van der Waals surface area contributed by atoms with E-state index in [0.29, 0.717) is 12.1 Å². The first-order valence-electron chi connectivity index (χ1n) is 9.13. The third kappa shape index (κ3) is 3.39. The van der Waals surface area contributed by atoms with Crippen molar-refractivity contribution < 1.29 is 14.3 Å². The van der Waals surface area contributed by atoms with E-state index in [1.165, 1.54) is 0 Å². The zero-order chi connectivity index (χ0) is 19.5. The Kier molecular flexibility index (Phi) is 4.89. The summed E-state index contributed by atoms with van der Waals surface area (Å²) in [7, 11) is 3.29. The number of hydrogen-bond acceptors (Lipinski definition) is 4. The Bertz CT molecular complexity index is 968. The van der Waals surface area contributed by atoms with Crippen molar-refractivity contribution in [2.24, 2.45) is 0 Å². The van der Waals surface area contributed by atoms with Gasteiger partial charge in [-0.3, -0.25) is 4.79 Å². The first kappa shape index (κ1) is 17.9. The molecule has 3 aromatic rings. The monoisotopic (exact) mass is 374 g/mol. The van der Waals surface area contributed by atoms with E-state index in [0.717, 1.165) is 28.3 Å². The van der Waals surface area contributed by atoms with Crippen LogP contribution < -0.4 is 14.8 Å². The predicted octanol–water partition coefficient (Wildman–Crippen LogP) is 4.47. The minimum Gasteiger partial charge on any atom is -0.497 e. The number of carbonyl (C=O) groups is 1. The van der Waals surface area contributed by atoms with Crippen molar-refractivity contribution in [3.05, 3.63) is 89.5 Å². The highest BCUT2D eigenvalue weighted by atomic mass is 16.5. The fourth-order valence-electron chi connectivity index (χ4n) is 3.43. The quantitative estimate of drug-likeness (QED) is 0.716. The van der Waals surface area contributed by atoms with E-state index in [1.807, 2.05) is 77.7 Å². The smallest absolute Gasteiger partial charge is 0.258 e. The van der Waals surface area contributed by atoms with Crippen molar-refractivity contribution in [3.63, 3.8) is 0 Å². The highest BCUT2D eigenvalue weighted by Crippen LogP contribution is 2.34. The van der Waals surface area contributed by atoms with Crippen molar-refractivity contribution in [2.45, 2.75) is 12.7 Å². The van der Waals surface area contributed by atoms with Crippen LogP contribution in [0.5, 0.6) is 11.5 Å². The molecule has 1 heterocycles. The van der Waals surface area contributed by atoms with Crippen molar-refractivity contribution in [1.82, 2.24) is 4.90 Å². The molecule has 3 aromatic carbocycles. The van der Waals surface area contributed by atoms with E-state index in [2.05, 4.69) is 5.32 Å². The number of anilines is 1. The molecule has 0 fully saturated rings. The number of benzene rings is 3. The lowest BCUT2D eigenvalue weighted by atomic mass is 10.0. The first-order chi connectivity index (χ1) is 13.7. The maximum atomic E-state index is 13.3. The maximum Gasteiger partial charge on any atom is 0.258 e. The molecule has 0 bridgehead atoms. The van der Waals surface area contributed by atoms with Crippen LogP contribution >= 0.6 is 0 Å². The average Bonchev–Trinajstić information content (AvgIpc) is 2.76. The number of para-hydroxylation sites is 1. The van der Waals surface area contributed by atoms with Gasteiger partial charge in [-0.2, -0.15) is 0 Å². The van der Waals surface area contributed by atoms with Gasteiger partial charge in [0, 0.05) is 12.2 Å². The molecule has 1 N–H and O–H groups in total. The van der Waals surface area contributed by atoms with Crippen molar-refractivity contribution in [3.8, 4) is 11.5 Å². The number of amides is 1. The lowest BCUT2D eigenvalue weighted by Gasteiger charge is -2.38. The van der Waals surface area contributed by atoms with Crippen LogP contribution in [0.3, 0.4) is 0 Å². The normalized spacial score (nSPS) is 15.6. The molecular weight excluding hydrogens is 352 g/mol. The summed E-state index contributed by atoms with van der Waals surface area (Å²) in [6, 6.07) is 23.2. The van der Waals surface area contributed by atoms with E-state index in [1.54, 1.807) is 14.2 Å². The number of ether oxygens (including phenoxy) is 2. The summed E-state index contributed by atoms with van der Waals surface area (Å²) in [4.78, 5) is 15.1. The fraction of sp³-hybridized carbons (Fsp3) is 0.174. The molecule has 1 aliphatic rings. The standard InChI is InChI=1S/C23H22N2O3/c1-27-18-11-7-16(8-12-18)15-25-22(17-9-13-19(28-2)14-10-17)24-21-6-4-3-5-20(21)23(25)26/h3-14,22,24H,15H2,1-2H3/t22-/m1/s1. The number of nitrogens with zero attached hydrogens (tertiary/aromatic N) is 1. The average molecular weight is 374 g/mol. The Morgan fingerprint density at radius 3 is 2.11 bits per heavy atom. The Morgan fingerprint density at radius 2 is 1.46 bits per heavy atom. The SMILES string of the molecule is COc1ccc(CN2C(=O)c3ccccc3N[C@H]2c2ccc(OC)cc2)cc1. The number of rotatable bonds is 5. The summed E-state index contributed by atoms with van der Waals surface area (Å²) < 4.78 is 10.5. The molecule has 1 amide bonds. The molecule has 0 unspecified atom stereocenters. The van der Waals surface area contributed by atoms with Gasteiger partial charge in [-0.05, 0) is 47.5 Å². The molecule has 0 saturated heterocycles. The van der Waals surface area contributed by atoms with Gasteiger partial charge in [0.05, 0.1) is 19.8 Å². The van der Waals surface area contributed by atoms with Crippen LogP contribution in [-0.2, 0) is 6.54 Å². The largest absolute Gasteiger partial charge is 0.497 e. The van der Waals surface area contributed by atoms with E-state index in [9.17, 15) is 4.79 Å². The van der Waals surface area contributed by atoms with Crippen LogP contribution in [0.15, 0.2) is 72.8 Å². The number of fused-ring (bicyclic) bond motifs is 1. The molecule has 1 aliphatic heterocycles. The molecule has 0 spiro atoms. The van der Waals surface area contributed by atoms with Crippen molar-refractivity contribution in [1.29, 1.82) is 0 Å². The van der Waals surface area contributed by atoms with Gasteiger partial charge in [0.25, 0.3) is 5.91 Å². The number of carbonyl (C=O) groups excluding carboxylic acids is 1. The van der Waals surface area contributed by atoms with Crippen LogP contribution in [0.1, 0.15) is 27.7 Å². The second kappa shape index (κ2) is 7.64. The molecular formula is C23H22N2O3. The highest BCUT2D eigenvalue weighted by molar-refractivity contribution is 6.01. The van der Waals surface area contributed by atoms with Gasteiger partial charge in [0.15, 0.2) is 0 Å². The Labute approximate surface area is 164 Å². The summed E-state index contributed by atoms with van der Waals surface area (Å²) in [5.41, 5.74) is 3.56. The lowest BCUT2D eigenvalue weighted by molar-refractivity contribution is 0.0666. The van der Waals surface area contributed by atoms with Gasteiger partial charge >= 0.3 is 0 Å². The van der Waals surface area contributed by atoms with Crippen LogP contribution in [0.2, 0.25) is 0 Å². The second-order valence-corrected chi connectivity index (χ2v) is 6.65. The number of methoxy groups -OCH3 is 2. The summed E-state index contributed by atoms with van der Waals surface area (Å²) in [6.45, 7) is 0.487. The Hall–Kier alpha value is -3.47. The fourth-order valence-corrected chi connectivity index (χ4v) is 3.43. The van der Waals surface area contributed by atoms with E-state index < -0.39 is 0 Å². The van der Waals surface area contributed by atoms with E-state index in [4.69, 9.17) is 9.47 Å². The van der Waals surface area contributed by atoms with Gasteiger partial charge in [0.2, 0.25) is 0 Å². The van der Waals surface area contributed by atoms with Crippen molar-refractivity contribution >= 4 is 11.6 Å². The number of nitrogens with one attached hydrogen (secondary N) is 1. The molecule has 1 atom stereocenters. The molecule has 0 saturated carbocycles. The molecule has 142 valence electrons. The van der Waals surface area contributed by atoms with E-state index in [-0.39, 0.29) is 12.1 Å². The zero-order valence-electron chi connectivity index (χ0n) is 15.9. The third-order valence-electron chi connectivity index (χ3n) is 4.97. The van der Waals surface area contributed by atoms with E-state index >= 15 is 0 Å². The minimum absolute atomic E-state index is 0.00554. The maximum absolute atomic E-state index is 13.3. The van der Waals surface area contributed by atoms with Gasteiger partial charge < -0.3 is 19.7 Å². The summed E-state index contributed by atoms with van der Waals surface area (Å²) in [5, 5.41) is 3.51. The summed E-state index contributed by atoms with van der Waals surface area (Å²) >= 11 is 0. The molecule has 0 radical (unpaired) electrons. The van der Waals surface area contributed by atoms with Crippen LogP contribution in [-0.4, -0.2) is 25.0 Å². The summed E-state index contributed by atoms with van der Waals surface area (Å²) in [5.74, 6) is 1.59. The minimum atomic E-state index is -0.268. The molecule has 5 heteroatoms. The van der Waals surface area contributed by atoms with Crippen LogP contribution in [0.4, 0.5) is 5.69 Å².